The lowest BCUT2D eigenvalue weighted by molar-refractivity contribution is -0.255. The number of hydrogen-bond donors (Lipinski definition) is 1. The molecule has 1 N–H and O–H groups in total. The number of fused-ring (bicyclic) bond motifs is 1. The summed E-state index contributed by atoms with van der Waals surface area (Å²) < 4.78 is 5.40. The molecule has 1 aromatic carbocycles. The van der Waals surface area contributed by atoms with Crippen LogP contribution < -0.4 is 5.32 Å². The number of hydrogen-bond acceptors (Lipinski definition) is 10. The predicted octanol–water partition coefficient (Wildman–Crippen LogP) is 3.49. The van der Waals surface area contributed by atoms with Crippen LogP contribution in [0, 0.1) is 0 Å². The van der Waals surface area contributed by atoms with Crippen molar-refractivity contribution in [2.75, 3.05) is 11.5 Å². The van der Waals surface area contributed by atoms with E-state index >= 15 is 0 Å². The normalized spacial score (nSPS) is 19.0. The summed E-state index contributed by atoms with van der Waals surface area (Å²) in [5.74, 6) is -3.92. The third-order valence-corrected chi connectivity index (χ3v) is 7.89. The van der Waals surface area contributed by atoms with Crippen LogP contribution in [0.5, 0.6) is 0 Å². The Bertz CT molecular complexity index is 1170. The van der Waals surface area contributed by atoms with Crippen LogP contribution in [-0.2, 0) is 38.5 Å². The molecule has 1 fully saturated rings. The Morgan fingerprint density at radius 1 is 1.16 bits per heavy atom. The molecule has 1 unspecified atom stereocenters. The molecule has 0 aromatic heterocycles. The highest BCUT2D eigenvalue weighted by Gasteiger charge is 2.55. The molecule has 3 rings (SSSR count). The average Bonchev–Trinajstić information content (AvgIpc) is 2.83. The van der Waals surface area contributed by atoms with E-state index in [0.29, 0.717) is 14.9 Å². The van der Waals surface area contributed by atoms with E-state index in [1.54, 1.807) is 39.0 Å². The van der Waals surface area contributed by atoms with Crippen molar-refractivity contribution in [3.8, 4) is 0 Å². The highest BCUT2D eigenvalue weighted by molar-refractivity contribution is 8.00. The van der Waals surface area contributed by atoms with Crippen LogP contribution >= 0.6 is 46.7 Å². The minimum Gasteiger partial charge on any atom is -0.455 e. The third-order valence-electron chi connectivity index (χ3n) is 4.87. The molecule has 0 bridgehead atoms. The summed E-state index contributed by atoms with van der Waals surface area (Å²) in [6.07, 6.45) is -0.0319. The standard InChI is InChI=1S/C23H24Cl2N2O8S2/c1-5-16(29)34-35-21(31)12-9-37-20-17(19(30)27(20)18(12)22(32)33-23(2,3)4)26-15(28)10-36-14-8-11(24)6-7-13(14)25/h6-8,17,20H,5,9-10H2,1-4H3,(H,26,28)/t17?,20-/m1/s1. The number of nitrogens with one attached hydrogen (secondary N) is 1. The van der Waals surface area contributed by atoms with Crippen molar-refractivity contribution in [2.45, 2.75) is 56.0 Å². The summed E-state index contributed by atoms with van der Waals surface area (Å²) >= 11 is 14.4. The molecule has 0 aliphatic carbocycles. The van der Waals surface area contributed by atoms with Crippen molar-refractivity contribution in [1.82, 2.24) is 10.2 Å². The summed E-state index contributed by atoms with van der Waals surface area (Å²) in [6, 6.07) is 3.95. The van der Waals surface area contributed by atoms with Gasteiger partial charge in [0.15, 0.2) is 0 Å². The first-order valence-electron chi connectivity index (χ1n) is 11.0. The lowest BCUT2D eigenvalue weighted by atomic mass is 10.0. The predicted molar refractivity (Wildman–Crippen MR) is 138 cm³/mol. The molecule has 0 saturated carbocycles. The van der Waals surface area contributed by atoms with E-state index in [9.17, 15) is 24.0 Å². The number of esters is 1. The summed E-state index contributed by atoms with van der Waals surface area (Å²) in [7, 11) is 0. The van der Waals surface area contributed by atoms with Gasteiger partial charge in [-0.1, -0.05) is 30.1 Å². The van der Waals surface area contributed by atoms with Gasteiger partial charge in [0, 0.05) is 22.1 Å². The van der Waals surface area contributed by atoms with Crippen LogP contribution in [0.4, 0.5) is 0 Å². The van der Waals surface area contributed by atoms with Gasteiger partial charge in [0.1, 0.15) is 22.7 Å². The Kier molecular flexibility index (Phi) is 9.43. The van der Waals surface area contributed by atoms with Crippen molar-refractivity contribution in [3.05, 3.63) is 39.5 Å². The van der Waals surface area contributed by atoms with E-state index in [-0.39, 0.29) is 29.2 Å². The summed E-state index contributed by atoms with van der Waals surface area (Å²) in [6.45, 7) is 6.41. The Balaban J connectivity index is 1.74. The lowest BCUT2D eigenvalue weighted by Crippen LogP contribution is -2.71. The summed E-state index contributed by atoms with van der Waals surface area (Å²) in [4.78, 5) is 73.3. The minimum absolute atomic E-state index is 0.0314. The number of carbonyl (C=O) groups is 5. The van der Waals surface area contributed by atoms with Gasteiger partial charge in [0.25, 0.3) is 5.91 Å². The molecular formula is C23H24Cl2N2O8S2. The number of benzene rings is 1. The van der Waals surface area contributed by atoms with Crippen LogP contribution in [0.25, 0.3) is 0 Å². The highest BCUT2D eigenvalue weighted by atomic mass is 35.5. The summed E-state index contributed by atoms with van der Waals surface area (Å²) in [5, 5.41) is 2.91. The number of halogens is 2. The molecule has 2 aliphatic heterocycles. The van der Waals surface area contributed by atoms with Gasteiger partial charge >= 0.3 is 17.9 Å². The zero-order valence-corrected chi connectivity index (χ0v) is 23.4. The number of thioether (sulfide) groups is 2. The molecule has 2 amide bonds. The van der Waals surface area contributed by atoms with E-state index in [4.69, 9.17) is 27.9 Å². The monoisotopic (exact) mass is 590 g/mol. The van der Waals surface area contributed by atoms with Gasteiger partial charge in [-0.3, -0.25) is 14.5 Å². The number of rotatable bonds is 7. The number of β-lactam (4-membered cyclic amide) rings is 1. The van der Waals surface area contributed by atoms with Gasteiger partial charge in [0.05, 0.1) is 16.3 Å². The highest BCUT2D eigenvalue weighted by Crippen LogP contribution is 2.41. The van der Waals surface area contributed by atoms with Crippen LogP contribution in [-0.4, -0.2) is 63.1 Å². The second-order valence-electron chi connectivity index (χ2n) is 8.83. The number of nitrogens with zero attached hydrogens (tertiary/aromatic N) is 1. The van der Waals surface area contributed by atoms with E-state index in [1.165, 1.54) is 6.92 Å². The molecule has 1 aromatic rings. The molecule has 2 aliphatic rings. The van der Waals surface area contributed by atoms with Crippen molar-refractivity contribution in [2.24, 2.45) is 0 Å². The molecular weight excluding hydrogens is 567 g/mol. The molecule has 14 heteroatoms. The van der Waals surface area contributed by atoms with Gasteiger partial charge in [-0.15, -0.1) is 23.5 Å². The fourth-order valence-electron chi connectivity index (χ4n) is 3.23. The molecule has 2 heterocycles. The Morgan fingerprint density at radius 2 is 1.86 bits per heavy atom. The van der Waals surface area contributed by atoms with Crippen LogP contribution in [0.2, 0.25) is 10.0 Å². The topological polar surface area (TPSA) is 128 Å². The van der Waals surface area contributed by atoms with E-state index in [2.05, 4.69) is 15.1 Å². The van der Waals surface area contributed by atoms with Gasteiger partial charge in [-0.25, -0.2) is 24.2 Å². The SMILES string of the molecule is CCC(=O)OOC(=O)C1=C(C(=O)OC(C)(C)C)N2C(=O)C(NC(=O)CSc3cc(Cl)ccc3Cl)[C@H]2SC1. The molecule has 1 saturated heterocycles. The first-order chi connectivity index (χ1) is 17.3. The van der Waals surface area contributed by atoms with Crippen molar-refractivity contribution in [1.29, 1.82) is 0 Å². The molecule has 200 valence electrons. The first kappa shape index (κ1) is 29.2. The van der Waals surface area contributed by atoms with Crippen molar-refractivity contribution in [3.63, 3.8) is 0 Å². The number of ether oxygens (including phenoxy) is 1. The van der Waals surface area contributed by atoms with Crippen molar-refractivity contribution < 1.29 is 38.5 Å². The quantitative estimate of drug-likeness (QED) is 0.165. The summed E-state index contributed by atoms with van der Waals surface area (Å²) in [5.41, 5.74) is -1.43. The molecule has 0 radical (unpaired) electrons. The average molecular weight is 591 g/mol. The Morgan fingerprint density at radius 3 is 2.51 bits per heavy atom. The van der Waals surface area contributed by atoms with Gasteiger partial charge in [-0.2, -0.15) is 0 Å². The Labute approximate surface area is 231 Å². The zero-order valence-electron chi connectivity index (χ0n) is 20.3. The number of amides is 2. The third kappa shape index (κ3) is 7.13. The van der Waals surface area contributed by atoms with Crippen molar-refractivity contribution >= 4 is 76.4 Å². The fourth-order valence-corrected chi connectivity index (χ4v) is 5.86. The largest absolute Gasteiger partial charge is 0.455 e. The second kappa shape index (κ2) is 12.0. The van der Waals surface area contributed by atoms with Crippen LogP contribution in [0.15, 0.2) is 34.4 Å². The maximum atomic E-state index is 13.0. The van der Waals surface area contributed by atoms with Crippen LogP contribution in [0.3, 0.4) is 0 Å². The van der Waals surface area contributed by atoms with E-state index in [0.717, 1.165) is 28.4 Å². The molecule has 10 nitrogen and oxygen atoms in total. The lowest BCUT2D eigenvalue weighted by Gasteiger charge is -2.49. The first-order valence-corrected chi connectivity index (χ1v) is 13.8. The molecule has 37 heavy (non-hydrogen) atoms. The maximum absolute atomic E-state index is 13.0. The Hall–Kier alpha value is -2.41. The second-order valence-corrected chi connectivity index (χ2v) is 11.8. The maximum Gasteiger partial charge on any atom is 0.385 e. The molecule has 2 atom stereocenters. The molecule has 0 spiro atoms. The zero-order chi connectivity index (χ0) is 27.5. The smallest absolute Gasteiger partial charge is 0.385 e. The minimum atomic E-state index is -1.09. The van der Waals surface area contributed by atoms with Gasteiger partial charge < -0.3 is 10.1 Å². The van der Waals surface area contributed by atoms with E-state index < -0.39 is 46.7 Å². The fraction of sp³-hybridized carbons (Fsp3) is 0.435. The van der Waals surface area contributed by atoms with Gasteiger partial charge in [-0.05, 0) is 39.0 Å². The van der Waals surface area contributed by atoms with Crippen LogP contribution in [0.1, 0.15) is 34.1 Å². The van der Waals surface area contributed by atoms with Gasteiger partial charge in [0.2, 0.25) is 5.91 Å². The van der Waals surface area contributed by atoms with E-state index in [1.807, 2.05) is 0 Å². The number of carbonyl (C=O) groups excluding carboxylic acids is 5.